The molecule has 3 N–H and O–H groups in total. The van der Waals surface area contributed by atoms with E-state index in [2.05, 4.69) is 10.6 Å². The highest BCUT2D eigenvalue weighted by Gasteiger charge is 2.39. The van der Waals surface area contributed by atoms with Crippen molar-refractivity contribution in [3.05, 3.63) is 35.4 Å². The second-order valence-electron chi connectivity index (χ2n) is 6.28. The summed E-state index contributed by atoms with van der Waals surface area (Å²) in [5.41, 5.74) is -0.437. The molecule has 0 aliphatic heterocycles. The fourth-order valence-electron chi connectivity index (χ4n) is 3.26. The molecule has 1 aliphatic carbocycles. The van der Waals surface area contributed by atoms with Crippen LogP contribution in [0.25, 0.3) is 0 Å². The first-order valence-corrected chi connectivity index (χ1v) is 8.12. The highest BCUT2D eigenvalue weighted by molar-refractivity contribution is 5.75. The largest absolute Gasteiger partial charge is 0.396 e. The molecule has 0 heterocycles. The Morgan fingerprint density at radius 3 is 2.65 bits per heavy atom. The number of benzene rings is 1. The third kappa shape index (κ3) is 4.41. The molecule has 1 saturated carbocycles. The molecule has 1 aromatic rings. The van der Waals surface area contributed by atoms with Crippen LogP contribution in [0.15, 0.2) is 18.2 Å². The van der Waals surface area contributed by atoms with E-state index >= 15 is 0 Å². The molecule has 1 aromatic carbocycles. The Morgan fingerprint density at radius 2 is 2.04 bits per heavy atom. The minimum Gasteiger partial charge on any atom is -0.396 e. The summed E-state index contributed by atoms with van der Waals surface area (Å²) in [7, 11) is 0. The van der Waals surface area contributed by atoms with Crippen LogP contribution in [0.2, 0.25) is 0 Å². The van der Waals surface area contributed by atoms with Crippen LogP contribution in [0, 0.1) is 11.6 Å². The number of urea groups is 1. The lowest BCUT2D eigenvalue weighted by Crippen LogP contribution is -2.51. The third-order valence-electron chi connectivity index (χ3n) is 4.43. The number of amides is 2. The average molecular weight is 326 g/mol. The molecular formula is C17H24F2N2O2. The summed E-state index contributed by atoms with van der Waals surface area (Å²) >= 11 is 0. The van der Waals surface area contributed by atoms with Gasteiger partial charge in [-0.3, -0.25) is 0 Å². The van der Waals surface area contributed by atoms with Gasteiger partial charge in [-0.05, 0) is 38.7 Å². The van der Waals surface area contributed by atoms with Gasteiger partial charge in [-0.15, -0.1) is 0 Å². The van der Waals surface area contributed by atoms with Crippen LogP contribution in [0.4, 0.5) is 13.6 Å². The zero-order chi connectivity index (χ0) is 16.9. The molecule has 0 saturated heterocycles. The van der Waals surface area contributed by atoms with Crippen molar-refractivity contribution in [2.75, 3.05) is 6.61 Å². The molecule has 1 aliphatic rings. The van der Waals surface area contributed by atoms with Crippen LogP contribution in [0.3, 0.4) is 0 Å². The van der Waals surface area contributed by atoms with Gasteiger partial charge in [-0.25, -0.2) is 13.6 Å². The van der Waals surface area contributed by atoms with Crippen LogP contribution in [-0.2, 0) is 5.54 Å². The van der Waals surface area contributed by atoms with Crippen LogP contribution in [0.5, 0.6) is 0 Å². The zero-order valence-electron chi connectivity index (χ0n) is 13.4. The van der Waals surface area contributed by atoms with Crippen molar-refractivity contribution in [3.63, 3.8) is 0 Å². The smallest absolute Gasteiger partial charge is 0.315 e. The van der Waals surface area contributed by atoms with Crippen molar-refractivity contribution in [2.45, 2.75) is 57.0 Å². The molecule has 0 spiro atoms. The number of carbonyl (C=O) groups is 1. The van der Waals surface area contributed by atoms with Crippen molar-refractivity contribution >= 4 is 6.03 Å². The van der Waals surface area contributed by atoms with E-state index < -0.39 is 17.2 Å². The van der Waals surface area contributed by atoms with Crippen LogP contribution in [-0.4, -0.2) is 23.8 Å². The van der Waals surface area contributed by atoms with Crippen LogP contribution >= 0.6 is 0 Å². The van der Waals surface area contributed by atoms with E-state index in [-0.39, 0.29) is 18.7 Å². The zero-order valence-corrected chi connectivity index (χ0v) is 13.4. The molecule has 1 atom stereocenters. The van der Waals surface area contributed by atoms with Gasteiger partial charge in [0.1, 0.15) is 11.6 Å². The number of nitrogens with one attached hydrogen (secondary N) is 2. The van der Waals surface area contributed by atoms with Gasteiger partial charge in [0.25, 0.3) is 0 Å². The van der Waals surface area contributed by atoms with Crippen molar-refractivity contribution in [3.8, 4) is 0 Å². The number of aliphatic hydroxyl groups is 1. The molecule has 2 rings (SSSR count). The molecule has 0 aromatic heterocycles. The molecule has 23 heavy (non-hydrogen) atoms. The summed E-state index contributed by atoms with van der Waals surface area (Å²) in [5, 5.41) is 14.5. The highest BCUT2D eigenvalue weighted by Crippen LogP contribution is 2.40. The van der Waals surface area contributed by atoms with E-state index in [4.69, 9.17) is 5.11 Å². The van der Waals surface area contributed by atoms with E-state index in [0.29, 0.717) is 31.2 Å². The van der Waals surface area contributed by atoms with Crippen molar-refractivity contribution in [1.82, 2.24) is 10.6 Å². The van der Waals surface area contributed by atoms with E-state index in [1.54, 1.807) is 0 Å². The van der Waals surface area contributed by atoms with E-state index in [1.165, 1.54) is 12.1 Å². The number of halogens is 2. The van der Waals surface area contributed by atoms with Gasteiger partial charge >= 0.3 is 6.03 Å². The SMILES string of the molecule is CC(CCCO)NC(=O)NC1(c2ccc(F)cc2F)CCCC1. The molecule has 2 amide bonds. The van der Waals surface area contributed by atoms with Gasteiger partial charge in [-0.1, -0.05) is 18.9 Å². The topological polar surface area (TPSA) is 61.4 Å². The number of hydrogen-bond acceptors (Lipinski definition) is 2. The average Bonchev–Trinajstić information content (AvgIpc) is 2.93. The Morgan fingerprint density at radius 1 is 1.35 bits per heavy atom. The van der Waals surface area contributed by atoms with Gasteiger partial charge < -0.3 is 15.7 Å². The van der Waals surface area contributed by atoms with E-state index in [1.807, 2.05) is 6.92 Å². The lowest BCUT2D eigenvalue weighted by Gasteiger charge is -2.32. The Labute approximate surface area is 135 Å². The van der Waals surface area contributed by atoms with Crippen molar-refractivity contribution in [2.24, 2.45) is 0 Å². The molecule has 0 radical (unpaired) electrons. The van der Waals surface area contributed by atoms with Gasteiger partial charge in [0.05, 0.1) is 5.54 Å². The van der Waals surface area contributed by atoms with Gasteiger partial charge in [0.2, 0.25) is 0 Å². The normalized spacial score (nSPS) is 17.7. The van der Waals surface area contributed by atoms with Gasteiger partial charge in [0.15, 0.2) is 0 Å². The summed E-state index contributed by atoms with van der Waals surface area (Å²) in [6.45, 7) is 1.94. The minimum absolute atomic E-state index is 0.0817. The first-order valence-electron chi connectivity index (χ1n) is 8.12. The molecule has 0 bridgehead atoms. The number of aliphatic hydroxyl groups excluding tert-OH is 1. The first kappa shape index (κ1) is 17.7. The van der Waals surface area contributed by atoms with Crippen LogP contribution < -0.4 is 10.6 Å². The Bertz CT molecular complexity index is 545. The summed E-state index contributed by atoms with van der Waals surface area (Å²) in [5.74, 6) is -1.25. The Balaban J connectivity index is 2.10. The summed E-state index contributed by atoms with van der Waals surface area (Å²) in [6, 6.07) is 3.06. The molecular weight excluding hydrogens is 302 g/mol. The van der Waals surface area contributed by atoms with E-state index in [9.17, 15) is 13.6 Å². The monoisotopic (exact) mass is 326 g/mol. The predicted molar refractivity (Wildman–Crippen MR) is 84.0 cm³/mol. The predicted octanol–water partition coefficient (Wildman–Crippen LogP) is 3.19. The second kappa shape index (κ2) is 7.73. The summed E-state index contributed by atoms with van der Waals surface area (Å²) < 4.78 is 27.3. The second-order valence-corrected chi connectivity index (χ2v) is 6.28. The van der Waals surface area contributed by atoms with E-state index in [0.717, 1.165) is 18.9 Å². The minimum atomic E-state index is -0.779. The Hall–Kier alpha value is -1.69. The molecule has 1 unspecified atom stereocenters. The van der Waals surface area contributed by atoms with Gasteiger partial charge in [-0.2, -0.15) is 0 Å². The third-order valence-corrected chi connectivity index (χ3v) is 4.43. The molecule has 4 nitrogen and oxygen atoms in total. The maximum atomic E-state index is 14.2. The number of hydrogen-bond donors (Lipinski definition) is 3. The first-order chi connectivity index (χ1) is 11.0. The Kier molecular flexibility index (Phi) is 5.93. The maximum Gasteiger partial charge on any atom is 0.315 e. The summed E-state index contributed by atoms with van der Waals surface area (Å²) in [4.78, 5) is 12.2. The number of rotatable bonds is 6. The fourth-order valence-corrected chi connectivity index (χ4v) is 3.26. The molecule has 1 fully saturated rings. The quantitative estimate of drug-likeness (QED) is 0.752. The standard InChI is InChI=1S/C17H24F2N2O2/c1-12(5-4-10-22)20-16(23)21-17(8-2-3-9-17)14-7-6-13(18)11-15(14)19/h6-7,11-12,22H,2-5,8-10H2,1H3,(H2,20,21,23). The molecule has 6 heteroatoms. The highest BCUT2D eigenvalue weighted by atomic mass is 19.1. The number of carbonyl (C=O) groups excluding carboxylic acids is 1. The fraction of sp³-hybridized carbons (Fsp3) is 0.588. The maximum absolute atomic E-state index is 14.2. The molecule has 128 valence electrons. The van der Waals surface area contributed by atoms with Gasteiger partial charge in [0, 0.05) is 24.3 Å². The lowest BCUT2D eigenvalue weighted by atomic mass is 9.87. The summed E-state index contributed by atoms with van der Waals surface area (Å²) in [6.07, 6.45) is 4.32. The van der Waals surface area contributed by atoms with Crippen LogP contribution in [0.1, 0.15) is 51.0 Å². The lowest BCUT2D eigenvalue weighted by molar-refractivity contribution is 0.217. The van der Waals surface area contributed by atoms with Crippen molar-refractivity contribution in [1.29, 1.82) is 0 Å². The van der Waals surface area contributed by atoms with Crippen molar-refractivity contribution < 1.29 is 18.7 Å².